The molecule has 0 unspecified atom stereocenters. The van der Waals surface area contributed by atoms with E-state index in [9.17, 15) is 0 Å². The molecule has 0 aliphatic rings. The molecule has 0 bridgehead atoms. The van der Waals surface area contributed by atoms with Crippen molar-refractivity contribution >= 4 is 59.3 Å². The minimum Gasteiger partial charge on any atom is -0.311 e. The Morgan fingerprint density at radius 1 is 0.375 bits per heavy atom. The molecule has 0 saturated heterocycles. The van der Waals surface area contributed by atoms with E-state index in [1.165, 1.54) is 64.3 Å². The van der Waals surface area contributed by atoms with Crippen molar-refractivity contribution in [1.82, 2.24) is 4.98 Å². The third-order valence-electron chi connectivity index (χ3n) is 9.17. The number of nitrogens with zero attached hydrogens (tertiary/aromatic N) is 2. The Morgan fingerprint density at radius 3 is 1.54 bits per heavy atom. The summed E-state index contributed by atoms with van der Waals surface area (Å²) >= 11 is 1.82. The molecular formula is C45H30N2S. The van der Waals surface area contributed by atoms with E-state index in [1.54, 1.807) is 0 Å². The molecule has 2 nitrogen and oxygen atoms in total. The van der Waals surface area contributed by atoms with Crippen molar-refractivity contribution < 1.29 is 0 Å². The zero-order valence-electron chi connectivity index (χ0n) is 26.1. The topological polar surface area (TPSA) is 16.1 Å². The highest BCUT2D eigenvalue weighted by atomic mass is 32.1. The Hall–Kier alpha value is -6.03. The molecule has 0 aliphatic carbocycles. The number of pyridine rings is 1. The fourth-order valence-electron chi connectivity index (χ4n) is 6.66. The fraction of sp³-hybridized carbons (Fsp3) is 0. The highest BCUT2D eigenvalue weighted by Gasteiger charge is 2.14. The van der Waals surface area contributed by atoms with Crippen molar-refractivity contribution in [3.63, 3.8) is 0 Å². The zero-order valence-corrected chi connectivity index (χ0v) is 26.9. The predicted molar refractivity (Wildman–Crippen MR) is 206 cm³/mol. The van der Waals surface area contributed by atoms with Crippen LogP contribution in [0.15, 0.2) is 182 Å². The van der Waals surface area contributed by atoms with Crippen LogP contribution in [0.1, 0.15) is 0 Å². The molecule has 0 saturated carbocycles. The molecule has 0 aliphatic heterocycles. The average Bonchev–Trinajstić information content (AvgIpc) is 3.54. The van der Waals surface area contributed by atoms with Crippen molar-refractivity contribution in [3.05, 3.63) is 182 Å². The first-order valence-corrected chi connectivity index (χ1v) is 17.0. The summed E-state index contributed by atoms with van der Waals surface area (Å²) in [7, 11) is 0. The number of hydrogen-bond acceptors (Lipinski definition) is 3. The van der Waals surface area contributed by atoms with Gasteiger partial charge < -0.3 is 4.90 Å². The van der Waals surface area contributed by atoms with Gasteiger partial charge >= 0.3 is 0 Å². The first-order valence-electron chi connectivity index (χ1n) is 16.2. The Kier molecular flexibility index (Phi) is 7.03. The molecule has 48 heavy (non-hydrogen) atoms. The Labute approximate surface area is 283 Å². The molecule has 0 amide bonds. The lowest BCUT2D eigenvalue weighted by atomic mass is 10.0. The van der Waals surface area contributed by atoms with Gasteiger partial charge in [-0.25, -0.2) is 0 Å². The first kappa shape index (κ1) is 28.2. The van der Waals surface area contributed by atoms with Gasteiger partial charge in [0, 0.05) is 49.6 Å². The van der Waals surface area contributed by atoms with Crippen LogP contribution in [0.3, 0.4) is 0 Å². The normalized spacial score (nSPS) is 11.3. The summed E-state index contributed by atoms with van der Waals surface area (Å²) in [6.45, 7) is 0. The Balaban J connectivity index is 1.09. The largest absolute Gasteiger partial charge is 0.311 e. The van der Waals surface area contributed by atoms with Crippen LogP contribution < -0.4 is 4.90 Å². The lowest BCUT2D eigenvalue weighted by Gasteiger charge is -2.26. The van der Waals surface area contributed by atoms with Crippen LogP contribution in [-0.4, -0.2) is 4.98 Å². The quantitative estimate of drug-likeness (QED) is 0.182. The highest BCUT2D eigenvalue weighted by molar-refractivity contribution is 7.25. The van der Waals surface area contributed by atoms with E-state index in [0.717, 1.165) is 17.1 Å². The second-order valence-electron chi connectivity index (χ2n) is 12.1. The fourth-order valence-corrected chi connectivity index (χ4v) is 7.71. The standard InChI is InChI=1S/C45H30N2S/c1-2-6-31(7-3-1)33-12-19-39(20-13-33)47(40-21-14-34(15-22-40)37-11-10-32-8-4-5-9-36(32)28-37)41-23-16-35(17-24-41)38-18-25-44-42(29-38)43-30-46-27-26-45(43)48-44/h1-30H. The van der Waals surface area contributed by atoms with Crippen LogP contribution in [0.25, 0.3) is 64.3 Å². The maximum Gasteiger partial charge on any atom is 0.0462 e. The molecular weight excluding hydrogens is 601 g/mol. The van der Waals surface area contributed by atoms with Gasteiger partial charge in [-0.05, 0) is 105 Å². The number of aromatic nitrogens is 1. The molecule has 0 atom stereocenters. The van der Waals surface area contributed by atoms with Crippen LogP contribution in [-0.2, 0) is 0 Å². The lowest BCUT2D eigenvalue weighted by molar-refractivity contribution is 1.28. The van der Waals surface area contributed by atoms with Gasteiger partial charge in [-0.2, -0.15) is 0 Å². The van der Waals surface area contributed by atoms with Gasteiger partial charge in [0.05, 0.1) is 0 Å². The number of thiophene rings is 1. The van der Waals surface area contributed by atoms with Gasteiger partial charge in [0.25, 0.3) is 0 Å². The maximum absolute atomic E-state index is 4.38. The summed E-state index contributed by atoms with van der Waals surface area (Å²) in [5, 5.41) is 4.99. The second kappa shape index (κ2) is 12.0. The molecule has 0 N–H and O–H groups in total. The summed E-state index contributed by atoms with van der Waals surface area (Å²) in [6, 6.07) is 61.3. The van der Waals surface area contributed by atoms with Gasteiger partial charge in [-0.3, -0.25) is 4.98 Å². The van der Waals surface area contributed by atoms with E-state index in [1.807, 2.05) is 23.7 Å². The molecule has 2 aromatic heterocycles. The van der Waals surface area contributed by atoms with Crippen molar-refractivity contribution in [2.45, 2.75) is 0 Å². The number of rotatable bonds is 6. The van der Waals surface area contributed by atoms with Crippen LogP contribution in [0, 0.1) is 0 Å². The number of anilines is 3. The maximum atomic E-state index is 4.38. The number of hydrogen-bond donors (Lipinski definition) is 0. The second-order valence-corrected chi connectivity index (χ2v) is 13.2. The van der Waals surface area contributed by atoms with Crippen LogP contribution in [0.2, 0.25) is 0 Å². The molecule has 0 radical (unpaired) electrons. The summed E-state index contributed by atoms with van der Waals surface area (Å²) in [5.41, 5.74) is 10.6. The van der Waals surface area contributed by atoms with Gasteiger partial charge in [-0.1, -0.05) is 109 Å². The Bertz CT molecular complexity index is 2530. The van der Waals surface area contributed by atoms with E-state index in [-0.39, 0.29) is 0 Å². The third-order valence-corrected chi connectivity index (χ3v) is 10.3. The minimum atomic E-state index is 1.11. The third kappa shape index (κ3) is 5.21. The molecule has 226 valence electrons. The number of benzene rings is 7. The minimum absolute atomic E-state index is 1.11. The first-order chi connectivity index (χ1) is 23.8. The van der Waals surface area contributed by atoms with Gasteiger partial charge in [0.15, 0.2) is 0 Å². The van der Waals surface area contributed by atoms with Crippen LogP contribution >= 0.6 is 11.3 Å². The number of fused-ring (bicyclic) bond motifs is 4. The summed E-state index contributed by atoms with van der Waals surface area (Å²) in [6.07, 6.45) is 3.85. The van der Waals surface area contributed by atoms with Crippen LogP contribution in [0.5, 0.6) is 0 Å². The molecule has 0 fully saturated rings. The Morgan fingerprint density at radius 2 is 0.875 bits per heavy atom. The highest BCUT2D eigenvalue weighted by Crippen LogP contribution is 2.39. The van der Waals surface area contributed by atoms with E-state index >= 15 is 0 Å². The average molecular weight is 631 g/mol. The smallest absolute Gasteiger partial charge is 0.0462 e. The van der Waals surface area contributed by atoms with E-state index in [0.29, 0.717) is 0 Å². The lowest BCUT2D eigenvalue weighted by Crippen LogP contribution is -2.09. The van der Waals surface area contributed by atoms with Crippen molar-refractivity contribution in [1.29, 1.82) is 0 Å². The van der Waals surface area contributed by atoms with E-state index < -0.39 is 0 Å². The van der Waals surface area contributed by atoms with Crippen molar-refractivity contribution in [2.75, 3.05) is 4.90 Å². The van der Waals surface area contributed by atoms with Gasteiger partial charge in [0.1, 0.15) is 0 Å². The molecule has 7 aromatic carbocycles. The summed E-state index contributed by atoms with van der Waals surface area (Å²) in [4.78, 5) is 6.72. The van der Waals surface area contributed by atoms with Gasteiger partial charge in [0.2, 0.25) is 0 Å². The predicted octanol–water partition coefficient (Wildman–Crippen LogP) is 13.1. The SMILES string of the molecule is c1ccc(-c2ccc(N(c3ccc(-c4ccc5ccccc5c4)cc3)c3ccc(-c4ccc5sc6ccncc6c5c4)cc3)cc2)cc1. The van der Waals surface area contributed by atoms with E-state index in [2.05, 4.69) is 180 Å². The molecule has 9 aromatic rings. The van der Waals surface area contributed by atoms with Gasteiger partial charge in [-0.15, -0.1) is 11.3 Å². The van der Waals surface area contributed by atoms with Crippen molar-refractivity contribution in [2.24, 2.45) is 0 Å². The van der Waals surface area contributed by atoms with Crippen LogP contribution in [0.4, 0.5) is 17.1 Å². The summed E-state index contributed by atoms with van der Waals surface area (Å²) < 4.78 is 2.56. The molecule has 2 heterocycles. The van der Waals surface area contributed by atoms with Crippen molar-refractivity contribution in [3.8, 4) is 33.4 Å². The molecule has 9 rings (SSSR count). The zero-order chi connectivity index (χ0) is 31.9. The summed E-state index contributed by atoms with van der Waals surface area (Å²) in [5.74, 6) is 0. The molecule has 0 spiro atoms. The van der Waals surface area contributed by atoms with E-state index in [4.69, 9.17) is 0 Å². The molecule has 3 heteroatoms. The monoisotopic (exact) mass is 630 g/mol.